The number of aromatic amines is 1. The van der Waals surface area contributed by atoms with Gasteiger partial charge < -0.3 is 23.3 Å². The van der Waals surface area contributed by atoms with Crippen LogP contribution in [0.5, 0.6) is 0 Å². The number of carbonyl (C=O) groups excluding carboxylic acids is 2. The molecular weight excluding hydrogens is 591 g/mol. The van der Waals surface area contributed by atoms with Crippen molar-refractivity contribution in [2.45, 2.75) is 108 Å². The van der Waals surface area contributed by atoms with Crippen LogP contribution in [0.1, 0.15) is 83.9 Å². The maximum absolute atomic E-state index is 13.8. The summed E-state index contributed by atoms with van der Waals surface area (Å²) in [4.78, 5) is 53.5. The van der Waals surface area contributed by atoms with E-state index in [9.17, 15) is 19.2 Å². The molecule has 0 radical (unpaired) electrons. The first kappa shape index (κ1) is 29.6. The minimum Gasteiger partial charge on any atom is -0.456 e. The highest BCUT2D eigenvalue weighted by Gasteiger charge is 2.76. The Hall–Kier alpha value is -1.50. The Morgan fingerprint density at radius 3 is 2.56 bits per heavy atom. The molecule has 1 N–H and O–H groups in total. The van der Waals surface area contributed by atoms with E-state index < -0.39 is 63.7 Å². The minimum atomic E-state index is -2.66. The largest absolute Gasteiger partial charge is 0.456 e. The van der Waals surface area contributed by atoms with Crippen molar-refractivity contribution in [3.05, 3.63) is 32.6 Å². The summed E-state index contributed by atoms with van der Waals surface area (Å²) in [6, 6.07) is 0. The molecule has 6 rings (SSSR count). The number of aryl methyl sites for hydroxylation is 1. The van der Waals surface area contributed by atoms with Gasteiger partial charge in [-0.1, -0.05) is 44.5 Å². The van der Waals surface area contributed by atoms with Crippen LogP contribution in [-0.4, -0.2) is 57.3 Å². The van der Waals surface area contributed by atoms with E-state index in [0.717, 1.165) is 25.7 Å². The molecule has 11 nitrogen and oxygen atoms in total. The predicted octanol–water partition coefficient (Wildman–Crippen LogP) is 3.87. The summed E-state index contributed by atoms with van der Waals surface area (Å²) in [5.41, 5.74) is -6.39. The number of nitrogens with zero attached hydrogens (tertiary/aromatic N) is 1. The molecule has 226 valence electrons. The van der Waals surface area contributed by atoms with Crippen LogP contribution >= 0.6 is 17.1 Å². The Morgan fingerprint density at radius 1 is 1.17 bits per heavy atom. The third-order valence-electron chi connectivity index (χ3n) is 10.3. The van der Waals surface area contributed by atoms with Crippen molar-refractivity contribution >= 4 is 40.8 Å². The van der Waals surface area contributed by atoms with Crippen molar-refractivity contribution in [1.29, 1.82) is 0 Å². The number of esters is 2. The minimum absolute atomic E-state index is 0.000212. The summed E-state index contributed by atoms with van der Waals surface area (Å²) in [7, 11) is 0. The molecular formula is C27H37N2O9PS2. The van der Waals surface area contributed by atoms with E-state index in [-0.39, 0.29) is 17.8 Å². The number of ether oxygens (including phenoxy) is 3. The van der Waals surface area contributed by atoms with E-state index >= 15 is 0 Å². The number of H-pyrrole nitrogens is 1. The molecule has 3 saturated heterocycles. The summed E-state index contributed by atoms with van der Waals surface area (Å²) < 4.78 is 31.7. The number of nitrogens with one attached hydrogen (secondary N) is 1. The van der Waals surface area contributed by atoms with Crippen molar-refractivity contribution in [2.75, 3.05) is 13.2 Å². The predicted molar refractivity (Wildman–Crippen MR) is 154 cm³/mol. The van der Waals surface area contributed by atoms with Crippen molar-refractivity contribution in [3.8, 4) is 0 Å². The number of hydrogen-bond donors (Lipinski definition) is 1. The second-order valence-electron chi connectivity index (χ2n) is 12.8. The van der Waals surface area contributed by atoms with E-state index in [4.69, 9.17) is 35.1 Å². The van der Waals surface area contributed by atoms with Crippen LogP contribution < -0.4 is 11.2 Å². The quantitative estimate of drug-likeness (QED) is 0.363. The molecule has 1 unspecified atom stereocenters. The van der Waals surface area contributed by atoms with Crippen LogP contribution in [0.4, 0.5) is 0 Å². The second-order valence-corrected chi connectivity index (χ2v) is 19.4. The molecule has 1 aromatic rings. The average molecular weight is 629 g/mol. The molecule has 4 heterocycles. The summed E-state index contributed by atoms with van der Waals surface area (Å²) in [6.45, 7) is 7.72. The molecule has 5 fully saturated rings. The van der Waals surface area contributed by atoms with Gasteiger partial charge in [-0.15, -0.1) is 0 Å². The Morgan fingerprint density at radius 2 is 1.90 bits per heavy atom. The molecule has 2 saturated carbocycles. The van der Waals surface area contributed by atoms with Crippen LogP contribution in [0.2, 0.25) is 0 Å². The number of aromatic nitrogens is 2. The van der Waals surface area contributed by atoms with Crippen molar-refractivity contribution < 1.29 is 32.8 Å². The maximum atomic E-state index is 13.8. The van der Waals surface area contributed by atoms with Gasteiger partial charge in [0.05, 0.1) is 18.6 Å². The normalized spacial score (nSPS) is 38.8. The third kappa shape index (κ3) is 4.61. The lowest BCUT2D eigenvalue weighted by Gasteiger charge is -2.35. The van der Waals surface area contributed by atoms with Gasteiger partial charge in [0.1, 0.15) is 18.4 Å². The fraction of sp³-hybridized carbons (Fsp3) is 0.778. The van der Waals surface area contributed by atoms with Gasteiger partial charge in [-0.05, 0) is 51.3 Å². The van der Waals surface area contributed by atoms with Gasteiger partial charge in [-0.25, -0.2) is 9.59 Å². The van der Waals surface area contributed by atoms with Crippen molar-refractivity contribution in [3.63, 3.8) is 0 Å². The Kier molecular flexibility index (Phi) is 7.23. The highest BCUT2D eigenvalue weighted by Crippen LogP contribution is 2.73. The first-order valence-electron chi connectivity index (χ1n) is 14.3. The lowest BCUT2D eigenvalue weighted by atomic mass is 9.66. The summed E-state index contributed by atoms with van der Waals surface area (Å²) in [5.74, 6) is -1.02. The molecule has 14 heteroatoms. The SMILES string of the molecule is Cc1cn([C@H]2C[C@H](OC(=O)[C@@]34CC[C@@](C)(C(=O)O3)C4(C)C)[C@@H](COP3(=S)OCC4(CCCCC4)S3)O2)c(=O)[nH]c1=O. The van der Waals surface area contributed by atoms with Gasteiger partial charge in [-0.2, -0.15) is 0 Å². The van der Waals surface area contributed by atoms with Gasteiger partial charge in [0, 0.05) is 28.3 Å². The molecule has 1 spiro atoms. The van der Waals surface area contributed by atoms with Crippen LogP contribution in [-0.2, 0) is 44.7 Å². The number of fused-ring (bicyclic) bond motifs is 2. The van der Waals surface area contributed by atoms with Crippen LogP contribution in [0.15, 0.2) is 15.8 Å². The summed E-state index contributed by atoms with van der Waals surface area (Å²) >= 11 is 7.49. The lowest BCUT2D eigenvalue weighted by Crippen LogP contribution is -2.50. The first-order chi connectivity index (χ1) is 19.2. The molecule has 5 aliphatic rings. The van der Waals surface area contributed by atoms with Crippen LogP contribution in [0.25, 0.3) is 0 Å². The van der Waals surface area contributed by atoms with E-state index in [1.807, 2.05) is 20.8 Å². The zero-order valence-electron chi connectivity index (χ0n) is 23.8. The standard InChI is InChI=1S/C27H37N2O9PS2/c1-16-13-29(23(33)28-20(16)30)19-12-17(37-22(32)27-11-10-25(4,21(31)38-27)24(27,2)3)18(36-19)14-34-39(40)35-15-26(41-39)8-6-5-7-9-26/h13,17-19H,5-12,14-15H2,1-4H3,(H,28,30,33)/t17-,18+,19+,25-,27+,39?/m0/s1. The van der Waals surface area contributed by atoms with Gasteiger partial charge in [0.2, 0.25) is 11.3 Å². The smallest absolute Gasteiger partial charge is 0.351 e. The average Bonchev–Trinajstić information content (AvgIpc) is 3.56. The monoisotopic (exact) mass is 628 g/mol. The number of hydrogen-bond acceptors (Lipinski definition) is 11. The van der Waals surface area contributed by atoms with Gasteiger partial charge in [0.25, 0.3) is 5.56 Å². The van der Waals surface area contributed by atoms with Crippen LogP contribution in [0, 0.1) is 17.8 Å². The van der Waals surface area contributed by atoms with E-state index in [1.54, 1.807) is 18.3 Å². The fourth-order valence-corrected chi connectivity index (χ4v) is 13.6. The molecule has 41 heavy (non-hydrogen) atoms. The Balaban J connectivity index is 1.23. The van der Waals surface area contributed by atoms with E-state index in [2.05, 4.69) is 4.98 Å². The first-order valence-corrected chi connectivity index (χ1v) is 18.3. The number of rotatable bonds is 6. The second kappa shape index (κ2) is 10.0. The fourth-order valence-electron chi connectivity index (χ4n) is 7.03. The molecule has 6 atom stereocenters. The molecule has 3 aliphatic heterocycles. The molecule has 0 aromatic carbocycles. The zero-order chi connectivity index (χ0) is 29.4. The highest BCUT2D eigenvalue weighted by molar-refractivity contribution is 8.68. The molecule has 0 amide bonds. The Labute approximate surface area is 247 Å². The molecule has 2 bridgehead atoms. The van der Waals surface area contributed by atoms with Gasteiger partial charge in [0.15, 0.2) is 0 Å². The van der Waals surface area contributed by atoms with Crippen molar-refractivity contribution in [2.24, 2.45) is 10.8 Å². The summed E-state index contributed by atoms with van der Waals surface area (Å²) in [5, 5.41) is 0. The van der Waals surface area contributed by atoms with E-state index in [0.29, 0.717) is 25.0 Å². The Bertz CT molecular complexity index is 1440. The van der Waals surface area contributed by atoms with E-state index in [1.165, 1.54) is 17.2 Å². The molecule has 1 aromatic heterocycles. The highest BCUT2D eigenvalue weighted by atomic mass is 32.9. The topological polar surface area (TPSA) is 135 Å². The van der Waals surface area contributed by atoms with Gasteiger partial charge >= 0.3 is 17.6 Å². The van der Waals surface area contributed by atoms with Crippen molar-refractivity contribution in [1.82, 2.24) is 9.55 Å². The van der Waals surface area contributed by atoms with Gasteiger partial charge in [-0.3, -0.25) is 19.1 Å². The van der Waals surface area contributed by atoms with Crippen LogP contribution in [0.3, 0.4) is 0 Å². The number of carbonyl (C=O) groups is 2. The zero-order valence-corrected chi connectivity index (χ0v) is 26.3. The lowest BCUT2D eigenvalue weighted by molar-refractivity contribution is -0.189. The third-order valence-corrected chi connectivity index (χ3v) is 16.1. The maximum Gasteiger partial charge on any atom is 0.351 e. The molecule has 2 aliphatic carbocycles. The summed E-state index contributed by atoms with van der Waals surface area (Å²) in [6.07, 6.45) is 5.65.